The van der Waals surface area contributed by atoms with Crippen LogP contribution >= 0.6 is 0 Å². The van der Waals surface area contributed by atoms with Crippen LogP contribution in [0.3, 0.4) is 0 Å². The van der Waals surface area contributed by atoms with E-state index in [0.717, 1.165) is 5.56 Å². The fourth-order valence-electron chi connectivity index (χ4n) is 2.48. The van der Waals surface area contributed by atoms with Crippen molar-refractivity contribution in [2.24, 2.45) is 0 Å². The number of hydrogen-bond donors (Lipinski definition) is 1. The number of hydrogen-bond acceptors (Lipinski definition) is 6. The SMILES string of the molecule is C=CCc1cc2cc(O)c(C(=O)OC)c(OC(C)=O)c2cc1OC. The number of methoxy groups -OCH3 is 2. The number of aromatic hydroxyl groups is 1. The van der Waals surface area contributed by atoms with E-state index in [1.165, 1.54) is 27.2 Å². The van der Waals surface area contributed by atoms with Crippen LogP contribution in [0.2, 0.25) is 0 Å². The Kier molecular flexibility index (Phi) is 5.08. The maximum atomic E-state index is 12.0. The van der Waals surface area contributed by atoms with E-state index in [9.17, 15) is 14.7 Å². The molecule has 0 aliphatic rings. The smallest absolute Gasteiger partial charge is 0.345 e. The van der Waals surface area contributed by atoms with Crippen LogP contribution in [0.25, 0.3) is 10.8 Å². The monoisotopic (exact) mass is 330 g/mol. The maximum Gasteiger partial charge on any atom is 0.345 e. The van der Waals surface area contributed by atoms with Crippen LogP contribution < -0.4 is 9.47 Å². The molecule has 2 aromatic carbocycles. The van der Waals surface area contributed by atoms with Gasteiger partial charge in [-0.15, -0.1) is 6.58 Å². The molecule has 0 heterocycles. The number of phenolic OH excluding ortho intramolecular Hbond substituents is 1. The summed E-state index contributed by atoms with van der Waals surface area (Å²) >= 11 is 0. The van der Waals surface area contributed by atoms with Crippen LogP contribution in [-0.4, -0.2) is 31.3 Å². The Morgan fingerprint density at radius 3 is 2.50 bits per heavy atom. The Morgan fingerprint density at radius 2 is 1.96 bits per heavy atom. The molecule has 1 N–H and O–H groups in total. The minimum Gasteiger partial charge on any atom is -0.507 e. The predicted octanol–water partition coefficient (Wildman–Crippen LogP) is 2.99. The van der Waals surface area contributed by atoms with Crippen molar-refractivity contribution >= 4 is 22.7 Å². The van der Waals surface area contributed by atoms with Crippen LogP contribution in [-0.2, 0) is 16.0 Å². The number of ether oxygens (including phenoxy) is 3. The van der Waals surface area contributed by atoms with E-state index in [1.807, 2.05) is 0 Å². The Morgan fingerprint density at radius 1 is 1.25 bits per heavy atom. The number of phenols is 1. The van der Waals surface area contributed by atoms with Gasteiger partial charge in [-0.25, -0.2) is 4.79 Å². The third-order valence-electron chi connectivity index (χ3n) is 3.47. The minimum absolute atomic E-state index is 0.0622. The molecule has 0 fully saturated rings. The molecule has 0 spiro atoms. The summed E-state index contributed by atoms with van der Waals surface area (Å²) in [6.45, 7) is 4.91. The van der Waals surface area contributed by atoms with Gasteiger partial charge in [-0.05, 0) is 35.6 Å². The van der Waals surface area contributed by atoms with Gasteiger partial charge in [0.25, 0.3) is 0 Å². The Bertz CT molecular complexity index is 822. The van der Waals surface area contributed by atoms with Crippen molar-refractivity contribution in [3.05, 3.63) is 42.0 Å². The molecular formula is C18H18O6. The fraction of sp³-hybridized carbons (Fsp3) is 0.222. The third kappa shape index (κ3) is 3.17. The fourth-order valence-corrected chi connectivity index (χ4v) is 2.48. The van der Waals surface area contributed by atoms with E-state index >= 15 is 0 Å². The van der Waals surface area contributed by atoms with Gasteiger partial charge in [-0.1, -0.05) is 6.08 Å². The molecule has 6 heteroatoms. The summed E-state index contributed by atoms with van der Waals surface area (Å²) in [7, 11) is 2.69. The van der Waals surface area contributed by atoms with E-state index in [2.05, 4.69) is 11.3 Å². The van der Waals surface area contributed by atoms with Gasteiger partial charge in [0, 0.05) is 12.3 Å². The molecule has 0 aliphatic heterocycles. The molecule has 0 saturated heterocycles. The molecule has 0 saturated carbocycles. The first-order valence-electron chi connectivity index (χ1n) is 7.17. The van der Waals surface area contributed by atoms with Crippen molar-refractivity contribution in [3.63, 3.8) is 0 Å². The lowest BCUT2D eigenvalue weighted by Gasteiger charge is -2.15. The van der Waals surface area contributed by atoms with E-state index in [4.69, 9.17) is 9.47 Å². The molecule has 0 radical (unpaired) electrons. The number of rotatable bonds is 5. The van der Waals surface area contributed by atoms with E-state index < -0.39 is 11.9 Å². The molecule has 2 aromatic rings. The first-order chi connectivity index (χ1) is 11.4. The van der Waals surface area contributed by atoms with Gasteiger partial charge in [-0.3, -0.25) is 4.79 Å². The number of esters is 2. The molecule has 0 aliphatic carbocycles. The first kappa shape index (κ1) is 17.3. The highest BCUT2D eigenvalue weighted by Crippen LogP contribution is 2.40. The molecule has 2 rings (SSSR count). The number of carbonyl (C=O) groups excluding carboxylic acids is 2. The lowest BCUT2D eigenvalue weighted by molar-refractivity contribution is -0.131. The van der Waals surface area contributed by atoms with E-state index in [-0.39, 0.29) is 17.1 Å². The first-order valence-corrected chi connectivity index (χ1v) is 7.17. The maximum absolute atomic E-state index is 12.0. The summed E-state index contributed by atoms with van der Waals surface area (Å²) < 4.78 is 15.2. The molecule has 0 unspecified atom stereocenters. The standard InChI is InChI=1S/C18H18O6/c1-5-6-11-7-12-8-14(20)16(18(21)23-4)17(24-10(2)19)13(12)9-15(11)22-3/h5,7-9,20H,1,6H2,2-4H3. The van der Waals surface area contributed by atoms with Crippen LogP contribution in [0.5, 0.6) is 17.2 Å². The predicted molar refractivity (Wildman–Crippen MR) is 88.7 cm³/mol. The van der Waals surface area contributed by atoms with Crippen molar-refractivity contribution in [3.8, 4) is 17.2 Å². The Balaban J connectivity index is 2.87. The van der Waals surface area contributed by atoms with Gasteiger partial charge in [0.15, 0.2) is 5.75 Å². The zero-order valence-corrected chi connectivity index (χ0v) is 13.7. The minimum atomic E-state index is -0.806. The normalized spacial score (nSPS) is 10.3. The quantitative estimate of drug-likeness (QED) is 0.515. The van der Waals surface area contributed by atoms with Gasteiger partial charge >= 0.3 is 11.9 Å². The summed E-state index contributed by atoms with van der Waals surface area (Å²) in [6.07, 6.45) is 2.28. The van der Waals surface area contributed by atoms with Crippen molar-refractivity contribution in [2.45, 2.75) is 13.3 Å². The van der Waals surface area contributed by atoms with E-state index in [0.29, 0.717) is 22.9 Å². The van der Waals surface area contributed by atoms with Crippen molar-refractivity contribution in [1.82, 2.24) is 0 Å². The second kappa shape index (κ2) is 7.04. The van der Waals surface area contributed by atoms with Crippen LogP contribution in [0.4, 0.5) is 0 Å². The molecule has 24 heavy (non-hydrogen) atoms. The van der Waals surface area contributed by atoms with Crippen molar-refractivity contribution < 1.29 is 28.9 Å². The average Bonchev–Trinajstić information content (AvgIpc) is 2.53. The average molecular weight is 330 g/mol. The Labute approximate surface area is 139 Å². The lowest BCUT2D eigenvalue weighted by atomic mass is 9.99. The lowest BCUT2D eigenvalue weighted by Crippen LogP contribution is -2.10. The number of benzene rings is 2. The van der Waals surface area contributed by atoms with Crippen LogP contribution in [0.1, 0.15) is 22.8 Å². The van der Waals surface area contributed by atoms with Gasteiger partial charge in [0.05, 0.1) is 14.2 Å². The molecule has 6 nitrogen and oxygen atoms in total. The van der Waals surface area contributed by atoms with Crippen LogP contribution in [0, 0.1) is 0 Å². The molecule has 0 bridgehead atoms. The van der Waals surface area contributed by atoms with Gasteiger partial charge in [0.1, 0.15) is 17.1 Å². The third-order valence-corrected chi connectivity index (χ3v) is 3.47. The molecule has 0 amide bonds. The topological polar surface area (TPSA) is 82.1 Å². The number of allylic oxidation sites excluding steroid dienone is 1. The van der Waals surface area contributed by atoms with Crippen LogP contribution in [0.15, 0.2) is 30.9 Å². The summed E-state index contributed by atoms with van der Waals surface area (Å²) in [4.78, 5) is 23.4. The highest BCUT2D eigenvalue weighted by molar-refractivity contribution is 6.05. The summed E-state index contributed by atoms with van der Waals surface area (Å²) in [5.74, 6) is -1.27. The number of carbonyl (C=O) groups is 2. The van der Waals surface area contributed by atoms with Crippen molar-refractivity contribution in [2.75, 3.05) is 14.2 Å². The molecule has 0 aromatic heterocycles. The highest BCUT2D eigenvalue weighted by atomic mass is 16.5. The van der Waals surface area contributed by atoms with Gasteiger partial charge in [-0.2, -0.15) is 0 Å². The molecule has 126 valence electrons. The zero-order chi connectivity index (χ0) is 17.9. The number of fused-ring (bicyclic) bond motifs is 1. The van der Waals surface area contributed by atoms with E-state index in [1.54, 1.807) is 18.2 Å². The summed E-state index contributed by atoms with van der Waals surface area (Å²) in [5, 5.41) is 11.3. The Hall–Kier alpha value is -3.02. The van der Waals surface area contributed by atoms with Gasteiger partial charge < -0.3 is 19.3 Å². The van der Waals surface area contributed by atoms with Crippen molar-refractivity contribution in [1.29, 1.82) is 0 Å². The zero-order valence-electron chi connectivity index (χ0n) is 13.7. The highest BCUT2D eigenvalue weighted by Gasteiger charge is 2.24. The molecule has 0 atom stereocenters. The summed E-state index contributed by atoms with van der Waals surface area (Å²) in [6, 6.07) is 4.85. The van der Waals surface area contributed by atoms with Gasteiger partial charge in [0.2, 0.25) is 0 Å². The second-order valence-corrected chi connectivity index (χ2v) is 5.06. The summed E-state index contributed by atoms with van der Waals surface area (Å²) in [5.41, 5.74) is 0.637. The largest absolute Gasteiger partial charge is 0.507 e. The molecular weight excluding hydrogens is 312 g/mol. The second-order valence-electron chi connectivity index (χ2n) is 5.06.